The lowest BCUT2D eigenvalue weighted by atomic mass is 9.95. The monoisotopic (exact) mass is 529 g/mol. The van der Waals surface area contributed by atoms with Crippen LogP contribution in [0.25, 0.3) is 22.0 Å². The van der Waals surface area contributed by atoms with Crippen LogP contribution in [0.15, 0.2) is 77.8 Å². The highest BCUT2D eigenvalue weighted by atomic mass is 32.2. The van der Waals surface area contributed by atoms with Crippen LogP contribution in [0.3, 0.4) is 0 Å². The van der Waals surface area contributed by atoms with E-state index < -0.39 is 21.6 Å². The Morgan fingerprint density at radius 3 is 2.35 bits per heavy atom. The summed E-state index contributed by atoms with van der Waals surface area (Å²) in [5, 5.41) is 9.26. The molecule has 3 aromatic carbocycles. The first-order chi connectivity index (χ1) is 17.6. The second-order valence-electron chi connectivity index (χ2n) is 8.72. The van der Waals surface area contributed by atoms with E-state index in [1.54, 1.807) is 49.4 Å². The van der Waals surface area contributed by atoms with E-state index in [0.717, 1.165) is 6.07 Å². The summed E-state index contributed by atoms with van der Waals surface area (Å²) in [6.45, 7) is 1.81. The Bertz CT molecular complexity index is 1520. The molecule has 0 radical (unpaired) electrons. The van der Waals surface area contributed by atoms with E-state index in [1.807, 2.05) is 0 Å². The number of hydrogen-bond acceptors (Lipinski definition) is 5. The fraction of sp³-hybridized carbons (Fsp3) is 0.250. The van der Waals surface area contributed by atoms with Crippen LogP contribution >= 0.6 is 0 Å². The molecule has 0 bridgehead atoms. The molecule has 0 aliphatic carbocycles. The summed E-state index contributed by atoms with van der Waals surface area (Å²) >= 11 is 0. The van der Waals surface area contributed by atoms with Crippen molar-refractivity contribution >= 4 is 20.7 Å². The molecule has 1 aromatic heterocycles. The minimum atomic E-state index is -4.53. The summed E-state index contributed by atoms with van der Waals surface area (Å²) in [5.41, 5.74) is 1.04. The molecule has 194 valence electrons. The summed E-state index contributed by atoms with van der Waals surface area (Å²) in [7, 11) is -3.51. The number of halogens is 3. The molecule has 0 saturated heterocycles. The van der Waals surface area contributed by atoms with Crippen molar-refractivity contribution in [2.45, 2.75) is 37.3 Å². The SMILES string of the molecule is Cc1cnc2c(C(F)(F)F)cccc2c1-c1cccc(Oc2cccc(S(=O)(=O)CCCCCO)c2)c1. The Morgan fingerprint density at radius 1 is 0.919 bits per heavy atom. The zero-order chi connectivity index (χ0) is 26.6. The summed E-state index contributed by atoms with van der Waals surface area (Å²) in [4.78, 5) is 4.21. The number of ether oxygens (including phenoxy) is 1. The van der Waals surface area contributed by atoms with Crippen LogP contribution in [0.5, 0.6) is 11.5 Å². The van der Waals surface area contributed by atoms with Crippen molar-refractivity contribution in [1.29, 1.82) is 0 Å². The first-order valence-electron chi connectivity index (χ1n) is 11.8. The number of unbranched alkanes of at least 4 members (excludes halogenated alkanes) is 2. The fourth-order valence-corrected chi connectivity index (χ4v) is 5.62. The Labute approximate surface area is 213 Å². The Hall–Kier alpha value is -3.43. The van der Waals surface area contributed by atoms with E-state index in [-0.39, 0.29) is 22.8 Å². The minimum Gasteiger partial charge on any atom is -0.457 e. The van der Waals surface area contributed by atoms with Crippen molar-refractivity contribution in [2.24, 2.45) is 0 Å². The highest BCUT2D eigenvalue weighted by Gasteiger charge is 2.33. The average molecular weight is 530 g/mol. The maximum atomic E-state index is 13.6. The Morgan fingerprint density at radius 2 is 1.62 bits per heavy atom. The molecule has 37 heavy (non-hydrogen) atoms. The lowest BCUT2D eigenvalue weighted by Gasteiger charge is -2.15. The lowest BCUT2D eigenvalue weighted by Crippen LogP contribution is -2.07. The van der Waals surface area contributed by atoms with Gasteiger partial charge in [-0.1, -0.05) is 36.8 Å². The van der Waals surface area contributed by atoms with Crippen LogP contribution in [0, 0.1) is 6.92 Å². The number of aromatic nitrogens is 1. The third-order valence-electron chi connectivity index (χ3n) is 5.99. The van der Waals surface area contributed by atoms with Crippen molar-refractivity contribution in [3.8, 4) is 22.6 Å². The Balaban J connectivity index is 1.65. The molecule has 4 aromatic rings. The van der Waals surface area contributed by atoms with Crippen LogP contribution in [-0.2, 0) is 16.0 Å². The molecule has 1 N–H and O–H groups in total. The number of rotatable bonds is 9. The van der Waals surface area contributed by atoms with Gasteiger partial charge in [0, 0.05) is 18.2 Å². The van der Waals surface area contributed by atoms with Gasteiger partial charge in [0.1, 0.15) is 11.5 Å². The molecule has 0 saturated carbocycles. The highest BCUT2D eigenvalue weighted by Crippen LogP contribution is 2.39. The summed E-state index contributed by atoms with van der Waals surface area (Å²) in [5.74, 6) is 0.704. The highest BCUT2D eigenvalue weighted by molar-refractivity contribution is 7.91. The topological polar surface area (TPSA) is 76.5 Å². The van der Waals surface area contributed by atoms with Gasteiger partial charge in [0.05, 0.1) is 21.7 Å². The second-order valence-corrected chi connectivity index (χ2v) is 10.8. The van der Waals surface area contributed by atoms with Crippen LogP contribution in [0.4, 0.5) is 13.2 Å². The molecule has 0 amide bonds. The molecule has 0 spiro atoms. The van der Waals surface area contributed by atoms with E-state index in [0.29, 0.717) is 52.8 Å². The van der Waals surface area contributed by atoms with Crippen LogP contribution < -0.4 is 4.74 Å². The number of nitrogens with zero attached hydrogens (tertiary/aromatic N) is 1. The largest absolute Gasteiger partial charge is 0.457 e. The predicted molar refractivity (Wildman–Crippen MR) is 136 cm³/mol. The van der Waals surface area contributed by atoms with Crippen LogP contribution in [0.2, 0.25) is 0 Å². The first-order valence-corrected chi connectivity index (χ1v) is 13.4. The maximum Gasteiger partial charge on any atom is 0.418 e. The smallest absolute Gasteiger partial charge is 0.418 e. The molecule has 4 rings (SSSR count). The second kappa shape index (κ2) is 10.9. The van der Waals surface area contributed by atoms with Crippen LogP contribution in [-0.4, -0.2) is 30.9 Å². The number of alkyl halides is 3. The zero-order valence-corrected chi connectivity index (χ0v) is 20.9. The number of benzene rings is 3. The number of aryl methyl sites for hydroxylation is 1. The molecule has 0 aliphatic heterocycles. The summed E-state index contributed by atoms with van der Waals surface area (Å²) in [6, 6.07) is 17.1. The van der Waals surface area contributed by atoms with Gasteiger partial charge in [0.2, 0.25) is 0 Å². The molecule has 0 aliphatic rings. The molecule has 5 nitrogen and oxygen atoms in total. The van der Waals surface area contributed by atoms with Gasteiger partial charge in [0.15, 0.2) is 9.84 Å². The summed E-state index contributed by atoms with van der Waals surface area (Å²) in [6.07, 6.45) is -1.49. The number of pyridine rings is 1. The van der Waals surface area contributed by atoms with Crippen molar-refractivity contribution in [3.63, 3.8) is 0 Å². The van der Waals surface area contributed by atoms with E-state index in [4.69, 9.17) is 9.84 Å². The van der Waals surface area contributed by atoms with E-state index in [2.05, 4.69) is 4.98 Å². The lowest BCUT2D eigenvalue weighted by molar-refractivity contribution is -0.136. The van der Waals surface area contributed by atoms with Gasteiger partial charge in [-0.15, -0.1) is 0 Å². The van der Waals surface area contributed by atoms with Gasteiger partial charge in [0.25, 0.3) is 0 Å². The normalized spacial score (nSPS) is 12.1. The molecule has 9 heteroatoms. The maximum absolute atomic E-state index is 13.6. The van der Waals surface area contributed by atoms with Gasteiger partial charge in [-0.05, 0) is 72.9 Å². The van der Waals surface area contributed by atoms with E-state index in [9.17, 15) is 21.6 Å². The summed E-state index contributed by atoms with van der Waals surface area (Å²) < 4.78 is 72.0. The number of hydrogen-bond donors (Lipinski definition) is 1. The standard InChI is InChI=1S/C28H26F3NO4S/c1-19-18-32-27-24(12-7-13-25(27)28(29,30)31)26(19)20-8-5-9-21(16-20)36-22-10-6-11-23(17-22)37(34,35)15-4-2-3-14-33/h5-13,16-18,33H,2-4,14-15H2,1H3. The Kier molecular flexibility index (Phi) is 7.85. The molecule has 1 heterocycles. The first kappa shape index (κ1) is 26.6. The third kappa shape index (κ3) is 6.11. The van der Waals surface area contributed by atoms with Crippen LogP contribution in [0.1, 0.15) is 30.4 Å². The quantitative estimate of drug-likeness (QED) is 0.237. The number of aliphatic hydroxyl groups is 1. The number of para-hydroxylation sites is 1. The van der Waals surface area contributed by atoms with Gasteiger partial charge >= 0.3 is 6.18 Å². The van der Waals surface area contributed by atoms with E-state index >= 15 is 0 Å². The molecular formula is C28H26F3NO4S. The minimum absolute atomic E-state index is 0.0275. The number of aliphatic hydroxyl groups excluding tert-OH is 1. The third-order valence-corrected chi connectivity index (χ3v) is 7.78. The van der Waals surface area contributed by atoms with Gasteiger partial charge in [-0.2, -0.15) is 13.2 Å². The van der Waals surface area contributed by atoms with Gasteiger partial charge < -0.3 is 9.84 Å². The molecular weight excluding hydrogens is 503 g/mol. The molecule has 0 atom stereocenters. The van der Waals surface area contributed by atoms with Crippen molar-refractivity contribution in [1.82, 2.24) is 4.98 Å². The number of fused-ring (bicyclic) bond motifs is 1. The van der Waals surface area contributed by atoms with Gasteiger partial charge in [-0.3, -0.25) is 4.98 Å². The van der Waals surface area contributed by atoms with Crippen molar-refractivity contribution in [2.75, 3.05) is 12.4 Å². The average Bonchev–Trinajstić information content (AvgIpc) is 2.86. The molecule has 0 fully saturated rings. The van der Waals surface area contributed by atoms with Gasteiger partial charge in [-0.25, -0.2) is 8.42 Å². The van der Waals surface area contributed by atoms with Crippen molar-refractivity contribution in [3.05, 3.63) is 84.1 Å². The number of sulfone groups is 1. The van der Waals surface area contributed by atoms with E-state index in [1.165, 1.54) is 24.4 Å². The predicted octanol–water partition coefficient (Wildman–Crippen LogP) is 6.96. The van der Waals surface area contributed by atoms with Crippen molar-refractivity contribution < 1.29 is 31.4 Å². The zero-order valence-electron chi connectivity index (χ0n) is 20.1. The fourth-order valence-electron chi connectivity index (χ4n) is 4.22. The molecule has 0 unspecified atom stereocenters.